The minimum absolute atomic E-state index is 0.206. The Bertz CT molecular complexity index is 751. The van der Waals surface area contributed by atoms with Crippen LogP contribution < -0.4 is 0 Å². The number of rotatable bonds is 6. The van der Waals surface area contributed by atoms with E-state index in [4.69, 9.17) is 11.6 Å². The Kier molecular flexibility index (Phi) is 5.38. The molecule has 7 heteroatoms. The van der Waals surface area contributed by atoms with Crippen LogP contribution in [0.25, 0.3) is 0 Å². The summed E-state index contributed by atoms with van der Waals surface area (Å²) in [5, 5.41) is 14.1. The molecule has 1 heterocycles. The maximum Gasteiger partial charge on any atom is 0.323 e. The van der Waals surface area contributed by atoms with Gasteiger partial charge in [0.25, 0.3) is 5.91 Å². The van der Waals surface area contributed by atoms with Crippen LogP contribution in [0.15, 0.2) is 36.5 Å². The minimum Gasteiger partial charge on any atom is -0.480 e. The summed E-state index contributed by atoms with van der Waals surface area (Å²) in [6.07, 6.45) is 5.85. The number of nitrogens with zero attached hydrogens (tertiary/aromatic N) is 3. The number of carboxylic acid groups (broad SMARTS) is 1. The highest BCUT2D eigenvalue weighted by Gasteiger charge is 2.26. The third-order valence-electron chi connectivity index (χ3n) is 4.46. The van der Waals surface area contributed by atoms with Crippen molar-refractivity contribution in [2.45, 2.75) is 38.3 Å². The second kappa shape index (κ2) is 7.70. The molecule has 1 aliphatic rings. The molecule has 1 aliphatic carbocycles. The molecule has 0 bridgehead atoms. The number of carbonyl (C=O) groups is 2. The van der Waals surface area contributed by atoms with Gasteiger partial charge in [0.15, 0.2) is 0 Å². The predicted octanol–water partition coefficient (Wildman–Crippen LogP) is 3.38. The van der Waals surface area contributed by atoms with E-state index in [0.29, 0.717) is 10.7 Å². The molecule has 1 saturated carbocycles. The summed E-state index contributed by atoms with van der Waals surface area (Å²) >= 11 is 5.88. The average Bonchev–Trinajstić information content (AvgIpc) is 3.26. The van der Waals surface area contributed by atoms with Gasteiger partial charge in [0.1, 0.15) is 12.2 Å². The first-order valence-electron chi connectivity index (χ1n) is 8.33. The van der Waals surface area contributed by atoms with Gasteiger partial charge in [-0.15, -0.1) is 0 Å². The molecule has 0 saturated heterocycles. The molecule has 0 aliphatic heterocycles. The summed E-state index contributed by atoms with van der Waals surface area (Å²) in [5.74, 6) is -1.36. The van der Waals surface area contributed by atoms with E-state index in [1.807, 2.05) is 0 Å². The fourth-order valence-corrected chi connectivity index (χ4v) is 3.38. The first-order chi connectivity index (χ1) is 12.0. The first kappa shape index (κ1) is 17.5. The molecule has 0 unspecified atom stereocenters. The van der Waals surface area contributed by atoms with E-state index in [-0.39, 0.29) is 25.0 Å². The van der Waals surface area contributed by atoms with Crippen LogP contribution in [-0.2, 0) is 11.3 Å². The summed E-state index contributed by atoms with van der Waals surface area (Å²) in [6, 6.07) is 8.91. The van der Waals surface area contributed by atoms with Crippen molar-refractivity contribution in [3.63, 3.8) is 0 Å². The number of aromatic nitrogens is 2. The number of amides is 1. The molecule has 1 fully saturated rings. The maximum absolute atomic E-state index is 13.0. The van der Waals surface area contributed by atoms with Crippen molar-refractivity contribution in [2.24, 2.45) is 0 Å². The molecular formula is C18H20ClN3O3. The van der Waals surface area contributed by atoms with E-state index in [1.54, 1.807) is 41.2 Å². The molecule has 0 spiro atoms. The average molecular weight is 362 g/mol. The highest BCUT2D eigenvalue weighted by Crippen LogP contribution is 2.30. The van der Waals surface area contributed by atoms with Gasteiger partial charge in [0.05, 0.1) is 6.04 Å². The Morgan fingerprint density at radius 2 is 1.88 bits per heavy atom. The molecule has 132 valence electrons. The molecule has 1 aromatic heterocycles. The minimum atomic E-state index is -1.05. The zero-order valence-electron chi connectivity index (χ0n) is 13.8. The van der Waals surface area contributed by atoms with Crippen LogP contribution in [0.4, 0.5) is 0 Å². The topological polar surface area (TPSA) is 75.4 Å². The maximum atomic E-state index is 13.0. The van der Waals surface area contributed by atoms with Gasteiger partial charge in [-0.05, 0) is 36.6 Å². The van der Waals surface area contributed by atoms with Crippen molar-refractivity contribution in [1.82, 2.24) is 14.7 Å². The molecule has 3 rings (SSSR count). The lowest BCUT2D eigenvalue weighted by Crippen LogP contribution is -2.36. The number of hydrogen-bond acceptors (Lipinski definition) is 3. The summed E-state index contributed by atoms with van der Waals surface area (Å²) in [4.78, 5) is 25.5. The van der Waals surface area contributed by atoms with Crippen molar-refractivity contribution in [3.05, 3.63) is 52.8 Å². The van der Waals surface area contributed by atoms with Gasteiger partial charge in [-0.2, -0.15) is 5.10 Å². The number of aliphatic carboxylic acids is 1. The van der Waals surface area contributed by atoms with Crippen molar-refractivity contribution >= 4 is 23.5 Å². The lowest BCUT2D eigenvalue weighted by atomic mass is 10.2. The fourth-order valence-electron chi connectivity index (χ4n) is 3.26. The van der Waals surface area contributed by atoms with Gasteiger partial charge in [0, 0.05) is 17.8 Å². The number of carbonyl (C=O) groups excluding carboxylic acids is 1. The number of halogens is 1. The second-order valence-electron chi connectivity index (χ2n) is 6.28. The molecule has 6 nitrogen and oxygen atoms in total. The zero-order valence-corrected chi connectivity index (χ0v) is 14.5. The lowest BCUT2D eigenvalue weighted by molar-refractivity contribution is -0.137. The van der Waals surface area contributed by atoms with E-state index >= 15 is 0 Å². The van der Waals surface area contributed by atoms with Crippen LogP contribution in [0.2, 0.25) is 5.02 Å². The Labute approximate surface area is 151 Å². The lowest BCUT2D eigenvalue weighted by Gasteiger charge is -2.22. The summed E-state index contributed by atoms with van der Waals surface area (Å²) < 4.78 is 1.76. The van der Waals surface area contributed by atoms with E-state index in [0.717, 1.165) is 31.2 Å². The third-order valence-corrected chi connectivity index (χ3v) is 4.71. The van der Waals surface area contributed by atoms with Crippen LogP contribution in [0.3, 0.4) is 0 Å². The highest BCUT2D eigenvalue weighted by molar-refractivity contribution is 6.30. The molecule has 1 amide bonds. The molecule has 1 N–H and O–H groups in total. The molecule has 2 aromatic rings. The van der Waals surface area contributed by atoms with Gasteiger partial charge in [-0.25, -0.2) is 0 Å². The molecule has 0 atom stereocenters. The predicted molar refractivity (Wildman–Crippen MR) is 93.6 cm³/mol. The number of carboxylic acids is 1. The Morgan fingerprint density at radius 3 is 2.52 bits per heavy atom. The molecule has 0 radical (unpaired) electrons. The van der Waals surface area contributed by atoms with Crippen LogP contribution in [-0.4, -0.2) is 38.2 Å². The van der Waals surface area contributed by atoms with Crippen LogP contribution in [0.1, 0.15) is 47.8 Å². The summed E-state index contributed by atoms with van der Waals surface area (Å²) in [6.45, 7) is -0.157. The van der Waals surface area contributed by atoms with Crippen molar-refractivity contribution in [2.75, 3.05) is 6.54 Å². The Morgan fingerprint density at radius 1 is 1.20 bits per heavy atom. The van der Waals surface area contributed by atoms with Crippen LogP contribution in [0.5, 0.6) is 0 Å². The van der Waals surface area contributed by atoms with Crippen LogP contribution >= 0.6 is 11.6 Å². The normalized spacial score (nSPS) is 14.6. The largest absolute Gasteiger partial charge is 0.480 e. The summed E-state index contributed by atoms with van der Waals surface area (Å²) in [5.41, 5.74) is 1.27. The van der Waals surface area contributed by atoms with E-state index in [2.05, 4.69) is 5.10 Å². The first-order valence-corrected chi connectivity index (χ1v) is 8.71. The monoisotopic (exact) mass is 361 g/mol. The quantitative estimate of drug-likeness (QED) is 0.855. The fraction of sp³-hybridized carbons (Fsp3) is 0.389. The van der Waals surface area contributed by atoms with Gasteiger partial charge in [-0.1, -0.05) is 36.6 Å². The molecular weight excluding hydrogens is 342 g/mol. The van der Waals surface area contributed by atoms with Crippen molar-refractivity contribution in [1.29, 1.82) is 0 Å². The van der Waals surface area contributed by atoms with Gasteiger partial charge in [-0.3, -0.25) is 14.3 Å². The Balaban J connectivity index is 1.83. The third kappa shape index (κ3) is 4.20. The standard InChI is InChI=1S/C18H20ClN3O3/c19-14-7-5-13(6-8-14)11-21(12-17(23)24)18(25)16-9-10-20-22(16)15-3-1-2-4-15/h5-10,15H,1-4,11-12H2,(H,23,24). The van der Waals surface area contributed by atoms with Gasteiger partial charge < -0.3 is 10.0 Å². The van der Waals surface area contributed by atoms with Gasteiger partial charge >= 0.3 is 5.97 Å². The van der Waals surface area contributed by atoms with E-state index in [1.165, 1.54) is 4.90 Å². The smallest absolute Gasteiger partial charge is 0.323 e. The molecule has 25 heavy (non-hydrogen) atoms. The van der Waals surface area contributed by atoms with Gasteiger partial charge in [0.2, 0.25) is 0 Å². The number of benzene rings is 1. The zero-order chi connectivity index (χ0) is 17.8. The second-order valence-corrected chi connectivity index (χ2v) is 6.72. The Hall–Kier alpha value is -2.34. The SMILES string of the molecule is O=C(O)CN(Cc1ccc(Cl)cc1)C(=O)c1ccnn1C1CCCC1. The van der Waals surface area contributed by atoms with E-state index < -0.39 is 5.97 Å². The number of hydrogen-bond donors (Lipinski definition) is 1. The van der Waals surface area contributed by atoms with Crippen molar-refractivity contribution in [3.8, 4) is 0 Å². The van der Waals surface area contributed by atoms with E-state index in [9.17, 15) is 14.7 Å². The summed E-state index contributed by atoms with van der Waals surface area (Å²) in [7, 11) is 0. The molecule has 1 aromatic carbocycles. The highest BCUT2D eigenvalue weighted by atomic mass is 35.5. The van der Waals surface area contributed by atoms with Crippen molar-refractivity contribution < 1.29 is 14.7 Å². The van der Waals surface area contributed by atoms with Crippen LogP contribution in [0, 0.1) is 0 Å².